The van der Waals surface area contributed by atoms with E-state index in [0.29, 0.717) is 23.0 Å². The van der Waals surface area contributed by atoms with Crippen LogP contribution in [0.4, 0.5) is 0 Å². The average Bonchev–Trinajstić information content (AvgIpc) is 2.49. The largest absolute Gasteiger partial charge is 0.422 e. The summed E-state index contributed by atoms with van der Waals surface area (Å²) in [6.45, 7) is 0.0163. The fraction of sp³-hybridized carbons (Fsp3) is 0.188. The normalized spacial score (nSPS) is 17.9. The van der Waals surface area contributed by atoms with E-state index in [1.165, 1.54) is 6.08 Å². The number of ketones is 1. The van der Waals surface area contributed by atoms with Crippen LogP contribution in [0, 0.1) is 11.3 Å². The number of ether oxygens (including phenoxy) is 1. The Labute approximate surface area is 120 Å². The SMILES string of the molecule is N#Cc1c(CC2C=CC(=O)CO2)c2ccccc2oc1=O. The Morgan fingerprint density at radius 1 is 1.29 bits per heavy atom. The van der Waals surface area contributed by atoms with E-state index in [1.54, 1.807) is 24.3 Å². The first kappa shape index (κ1) is 13.3. The summed E-state index contributed by atoms with van der Waals surface area (Å²) in [6.07, 6.45) is 3.13. The van der Waals surface area contributed by atoms with Gasteiger partial charge in [0.15, 0.2) is 5.78 Å². The van der Waals surface area contributed by atoms with Crippen molar-refractivity contribution < 1.29 is 13.9 Å². The average molecular weight is 281 g/mol. The maximum absolute atomic E-state index is 11.9. The van der Waals surface area contributed by atoms with E-state index in [1.807, 2.05) is 12.1 Å². The highest BCUT2D eigenvalue weighted by Crippen LogP contribution is 2.22. The van der Waals surface area contributed by atoms with E-state index < -0.39 is 5.63 Å². The summed E-state index contributed by atoms with van der Waals surface area (Å²) in [5.74, 6) is -0.0933. The monoisotopic (exact) mass is 281 g/mol. The quantitative estimate of drug-likeness (QED) is 0.783. The molecule has 0 N–H and O–H groups in total. The summed E-state index contributed by atoms with van der Waals surface area (Å²) in [7, 11) is 0. The second kappa shape index (κ2) is 5.35. The molecule has 0 spiro atoms. The third-order valence-electron chi connectivity index (χ3n) is 3.37. The first-order valence-electron chi connectivity index (χ1n) is 6.46. The molecule has 1 aliphatic heterocycles. The maximum Gasteiger partial charge on any atom is 0.354 e. The van der Waals surface area contributed by atoms with E-state index in [9.17, 15) is 14.9 Å². The predicted octanol–water partition coefficient (Wildman–Crippen LogP) is 1.73. The lowest BCUT2D eigenvalue weighted by molar-refractivity contribution is -0.121. The molecule has 0 saturated carbocycles. The molecule has 1 unspecified atom stereocenters. The van der Waals surface area contributed by atoms with Crippen LogP contribution in [0.25, 0.3) is 11.0 Å². The molecular formula is C16H11NO4. The molecule has 0 saturated heterocycles. The molecule has 21 heavy (non-hydrogen) atoms. The van der Waals surface area contributed by atoms with Gasteiger partial charge < -0.3 is 9.15 Å². The van der Waals surface area contributed by atoms with E-state index in [2.05, 4.69) is 0 Å². The Balaban J connectivity index is 2.12. The molecule has 1 aromatic heterocycles. The van der Waals surface area contributed by atoms with Crippen molar-refractivity contribution in [2.45, 2.75) is 12.5 Å². The summed E-state index contributed by atoms with van der Waals surface area (Å²) in [6, 6.07) is 8.96. The Kier molecular flexibility index (Phi) is 3.38. The Morgan fingerprint density at radius 2 is 2.10 bits per heavy atom. The number of fused-ring (bicyclic) bond motifs is 1. The standard InChI is InChI=1S/C16H11NO4/c17-8-14-13(7-11-6-5-10(18)9-20-11)12-3-1-2-4-15(12)21-16(14)19/h1-6,11H,7,9H2. The molecule has 1 atom stereocenters. The lowest BCUT2D eigenvalue weighted by atomic mass is 9.98. The van der Waals surface area contributed by atoms with Crippen molar-refractivity contribution in [2.75, 3.05) is 6.61 Å². The second-order valence-electron chi connectivity index (χ2n) is 4.73. The van der Waals surface area contributed by atoms with Crippen LogP contribution in [-0.2, 0) is 16.0 Å². The van der Waals surface area contributed by atoms with Crippen LogP contribution in [0.2, 0.25) is 0 Å². The van der Waals surface area contributed by atoms with Crippen LogP contribution in [0.1, 0.15) is 11.1 Å². The number of para-hydroxylation sites is 1. The van der Waals surface area contributed by atoms with Gasteiger partial charge in [-0.05, 0) is 17.7 Å². The second-order valence-corrected chi connectivity index (χ2v) is 4.73. The van der Waals surface area contributed by atoms with Crippen LogP contribution in [-0.4, -0.2) is 18.5 Å². The van der Waals surface area contributed by atoms with Gasteiger partial charge in [-0.25, -0.2) is 4.79 Å². The summed E-state index contributed by atoms with van der Waals surface area (Å²) in [4.78, 5) is 23.0. The highest BCUT2D eigenvalue weighted by atomic mass is 16.5. The number of rotatable bonds is 2. The molecule has 5 heteroatoms. The zero-order valence-corrected chi connectivity index (χ0v) is 11.0. The molecule has 0 radical (unpaired) electrons. The molecule has 5 nitrogen and oxygen atoms in total. The van der Waals surface area contributed by atoms with Crippen LogP contribution < -0.4 is 5.63 Å². The Bertz CT molecular complexity index is 841. The van der Waals surface area contributed by atoms with Crippen molar-refractivity contribution in [3.63, 3.8) is 0 Å². The summed E-state index contributed by atoms with van der Waals surface area (Å²) in [5, 5.41) is 9.92. The molecule has 1 aliphatic rings. The van der Waals surface area contributed by atoms with Crippen LogP contribution in [0.5, 0.6) is 0 Å². The van der Waals surface area contributed by atoms with Crippen LogP contribution in [0.3, 0.4) is 0 Å². The third-order valence-corrected chi connectivity index (χ3v) is 3.37. The summed E-state index contributed by atoms with van der Waals surface area (Å²) >= 11 is 0. The zero-order chi connectivity index (χ0) is 14.8. The van der Waals surface area contributed by atoms with Gasteiger partial charge in [0.2, 0.25) is 0 Å². The van der Waals surface area contributed by atoms with E-state index in [-0.39, 0.29) is 24.1 Å². The number of carbonyl (C=O) groups is 1. The van der Waals surface area contributed by atoms with Crippen LogP contribution >= 0.6 is 0 Å². The first-order valence-corrected chi connectivity index (χ1v) is 6.46. The fourth-order valence-corrected chi connectivity index (χ4v) is 2.37. The van der Waals surface area contributed by atoms with Gasteiger partial charge in [0.25, 0.3) is 0 Å². The molecule has 104 valence electrons. The van der Waals surface area contributed by atoms with E-state index >= 15 is 0 Å². The number of benzene rings is 1. The topological polar surface area (TPSA) is 80.3 Å². The Morgan fingerprint density at radius 3 is 2.81 bits per heavy atom. The minimum atomic E-state index is -0.651. The molecule has 3 rings (SSSR count). The number of hydrogen-bond acceptors (Lipinski definition) is 5. The molecule has 0 aliphatic carbocycles. The number of hydrogen-bond donors (Lipinski definition) is 0. The molecular weight excluding hydrogens is 270 g/mol. The van der Waals surface area contributed by atoms with Crippen molar-refractivity contribution in [1.82, 2.24) is 0 Å². The van der Waals surface area contributed by atoms with E-state index in [0.717, 1.165) is 0 Å². The van der Waals surface area contributed by atoms with Gasteiger partial charge in [-0.1, -0.05) is 24.3 Å². The number of carbonyl (C=O) groups excluding carboxylic acids is 1. The van der Waals surface area contributed by atoms with Gasteiger partial charge in [-0.15, -0.1) is 0 Å². The lowest BCUT2D eigenvalue weighted by Gasteiger charge is -2.18. The highest BCUT2D eigenvalue weighted by molar-refractivity contribution is 5.91. The highest BCUT2D eigenvalue weighted by Gasteiger charge is 2.20. The summed E-state index contributed by atoms with van der Waals surface area (Å²) < 4.78 is 10.5. The van der Waals surface area contributed by atoms with Gasteiger partial charge in [-0.2, -0.15) is 5.26 Å². The maximum atomic E-state index is 11.9. The van der Waals surface area contributed by atoms with Gasteiger partial charge in [0.05, 0.1) is 6.10 Å². The van der Waals surface area contributed by atoms with Crippen molar-refractivity contribution in [2.24, 2.45) is 0 Å². The van der Waals surface area contributed by atoms with Gasteiger partial charge in [0.1, 0.15) is 23.8 Å². The molecule has 0 fully saturated rings. The number of nitrogens with zero attached hydrogens (tertiary/aromatic N) is 1. The third kappa shape index (κ3) is 2.49. The first-order chi connectivity index (χ1) is 10.2. The molecule has 0 amide bonds. The predicted molar refractivity (Wildman–Crippen MR) is 74.8 cm³/mol. The van der Waals surface area contributed by atoms with Crippen molar-refractivity contribution in [3.05, 3.63) is 58.0 Å². The minimum absolute atomic E-state index is 0.0115. The summed E-state index contributed by atoms with van der Waals surface area (Å²) in [5.41, 5.74) is 0.366. The van der Waals surface area contributed by atoms with Gasteiger partial charge in [-0.3, -0.25) is 4.79 Å². The molecule has 2 heterocycles. The van der Waals surface area contributed by atoms with Gasteiger partial charge >= 0.3 is 5.63 Å². The Hall–Kier alpha value is -2.71. The van der Waals surface area contributed by atoms with E-state index in [4.69, 9.17) is 9.15 Å². The molecule has 2 aromatic rings. The van der Waals surface area contributed by atoms with Crippen molar-refractivity contribution >= 4 is 16.8 Å². The zero-order valence-electron chi connectivity index (χ0n) is 11.0. The smallest absolute Gasteiger partial charge is 0.354 e. The number of nitriles is 1. The van der Waals surface area contributed by atoms with Crippen molar-refractivity contribution in [1.29, 1.82) is 5.26 Å². The van der Waals surface area contributed by atoms with Crippen molar-refractivity contribution in [3.8, 4) is 6.07 Å². The minimum Gasteiger partial charge on any atom is -0.422 e. The van der Waals surface area contributed by atoms with Crippen LogP contribution in [0.15, 0.2) is 45.6 Å². The fourth-order valence-electron chi connectivity index (χ4n) is 2.37. The lowest BCUT2D eigenvalue weighted by Crippen LogP contribution is -2.24. The van der Waals surface area contributed by atoms with Gasteiger partial charge in [0, 0.05) is 11.8 Å². The molecule has 0 bridgehead atoms. The molecule has 1 aromatic carbocycles.